The van der Waals surface area contributed by atoms with Gasteiger partial charge >= 0.3 is 12.3 Å². The van der Waals surface area contributed by atoms with Crippen molar-refractivity contribution in [3.63, 3.8) is 0 Å². The van der Waals surface area contributed by atoms with E-state index in [1.54, 1.807) is 6.92 Å². The summed E-state index contributed by atoms with van der Waals surface area (Å²) in [5.41, 5.74) is 0.500. The number of nitrogens with one attached hydrogen (secondary N) is 1. The second-order valence-electron chi connectivity index (χ2n) is 5.90. The van der Waals surface area contributed by atoms with Gasteiger partial charge in [-0.2, -0.15) is 13.2 Å². The fourth-order valence-corrected chi connectivity index (χ4v) is 2.70. The van der Waals surface area contributed by atoms with Gasteiger partial charge in [-0.25, -0.2) is 9.78 Å². The van der Waals surface area contributed by atoms with Gasteiger partial charge in [-0.1, -0.05) is 36.4 Å². The first-order valence-corrected chi connectivity index (χ1v) is 8.01. The van der Waals surface area contributed by atoms with Crippen LogP contribution in [0.25, 0.3) is 0 Å². The minimum absolute atomic E-state index is 0.0920. The number of fused-ring (bicyclic) bond motifs is 1. The van der Waals surface area contributed by atoms with E-state index in [9.17, 15) is 18.0 Å². The number of carbonyl (C=O) groups excluding carboxylic acids is 1. The zero-order chi connectivity index (χ0) is 18.7. The third-order valence-electron chi connectivity index (χ3n) is 4.03. The van der Waals surface area contributed by atoms with E-state index in [1.807, 2.05) is 30.3 Å². The Bertz CT molecular complexity index is 781. The smallest absolute Gasteiger partial charge is 0.433 e. The molecule has 0 bridgehead atoms. The lowest BCUT2D eigenvalue weighted by Crippen LogP contribution is -2.36. The third kappa shape index (κ3) is 4.13. The molecule has 1 aromatic carbocycles. The molecule has 2 aromatic rings. The molecule has 0 fully saturated rings. The molecule has 2 heterocycles. The van der Waals surface area contributed by atoms with Crippen LogP contribution in [0.15, 0.2) is 42.5 Å². The summed E-state index contributed by atoms with van der Waals surface area (Å²) >= 11 is 0. The highest BCUT2D eigenvalue weighted by molar-refractivity contribution is 5.68. The van der Waals surface area contributed by atoms with Gasteiger partial charge in [-0.05, 0) is 18.6 Å². The van der Waals surface area contributed by atoms with E-state index >= 15 is 0 Å². The monoisotopic (exact) mass is 366 g/mol. The summed E-state index contributed by atoms with van der Waals surface area (Å²) in [4.78, 5) is 15.7. The summed E-state index contributed by atoms with van der Waals surface area (Å²) < 4.78 is 49.2. The molecule has 0 radical (unpaired) electrons. The number of amides is 1. The van der Waals surface area contributed by atoms with E-state index in [2.05, 4.69) is 10.3 Å². The molecular weight excluding hydrogens is 349 g/mol. The molecule has 0 spiro atoms. The number of alkyl halides is 3. The van der Waals surface area contributed by atoms with Crippen molar-refractivity contribution in [1.29, 1.82) is 0 Å². The van der Waals surface area contributed by atoms with Crippen LogP contribution in [-0.2, 0) is 22.3 Å². The predicted molar refractivity (Wildman–Crippen MR) is 86.1 cm³/mol. The number of hydrogen-bond donors (Lipinski definition) is 1. The van der Waals surface area contributed by atoms with Gasteiger partial charge in [0.05, 0.1) is 24.4 Å². The average Bonchev–Trinajstić information content (AvgIpc) is 2.62. The van der Waals surface area contributed by atoms with E-state index in [-0.39, 0.29) is 18.9 Å². The van der Waals surface area contributed by atoms with Crippen LogP contribution in [0.2, 0.25) is 0 Å². The lowest BCUT2D eigenvalue weighted by Gasteiger charge is -2.30. The summed E-state index contributed by atoms with van der Waals surface area (Å²) in [5.74, 6) is 0. The van der Waals surface area contributed by atoms with Gasteiger partial charge in [-0.15, -0.1) is 0 Å². The first-order valence-electron chi connectivity index (χ1n) is 8.01. The van der Waals surface area contributed by atoms with E-state index in [0.29, 0.717) is 5.56 Å². The highest BCUT2D eigenvalue weighted by Gasteiger charge is 2.36. The van der Waals surface area contributed by atoms with Crippen LogP contribution in [0.4, 0.5) is 18.0 Å². The number of hydrogen-bond acceptors (Lipinski definition) is 4. The van der Waals surface area contributed by atoms with E-state index < -0.39 is 30.1 Å². The number of ether oxygens (including phenoxy) is 2. The van der Waals surface area contributed by atoms with Crippen LogP contribution in [0.3, 0.4) is 0 Å². The lowest BCUT2D eigenvalue weighted by molar-refractivity contribution is -0.141. The zero-order valence-electron chi connectivity index (χ0n) is 13.9. The van der Waals surface area contributed by atoms with Crippen molar-refractivity contribution in [2.45, 2.75) is 31.9 Å². The van der Waals surface area contributed by atoms with Crippen molar-refractivity contribution in [3.8, 4) is 0 Å². The lowest BCUT2D eigenvalue weighted by atomic mass is 9.99. The van der Waals surface area contributed by atoms with Gasteiger partial charge in [0, 0.05) is 5.56 Å². The molecule has 0 saturated heterocycles. The Morgan fingerprint density at radius 2 is 2.00 bits per heavy atom. The molecule has 0 saturated carbocycles. The van der Waals surface area contributed by atoms with Crippen molar-refractivity contribution in [1.82, 2.24) is 10.3 Å². The number of aromatic nitrogens is 1. The van der Waals surface area contributed by atoms with E-state index in [4.69, 9.17) is 9.47 Å². The fourth-order valence-electron chi connectivity index (χ4n) is 2.70. The molecule has 2 unspecified atom stereocenters. The number of nitrogens with zero attached hydrogens (tertiary/aromatic N) is 1. The Balaban J connectivity index is 1.70. The molecule has 5 nitrogen and oxygen atoms in total. The van der Waals surface area contributed by atoms with E-state index in [1.165, 1.54) is 6.07 Å². The topological polar surface area (TPSA) is 60.5 Å². The first kappa shape index (κ1) is 18.2. The molecule has 1 aliphatic heterocycles. The van der Waals surface area contributed by atoms with Crippen molar-refractivity contribution in [2.24, 2.45) is 0 Å². The molecule has 138 valence electrons. The Morgan fingerprint density at radius 3 is 2.69 bits per heavy atom. The third-order valence-corrected chi connectivity index (χ3v) is 4.03. The maximum atomic E-state index is 12.9. The molecule has 26 heavy (non-hydrogen) atoms. The highest BCUT2D eigenvalue weighted by Crippen LogP contribution is 2.35. The Kier molecular flexibility index (Phi) is 5.13. The Hall–Kier alpha value is -2.61. The molecule has 8 heteroatoms. The van der Waals surface area contributed by atoms with Crippen molar-refractivity contribution in [3.05, 3.63) is 65.0 Å². The van der Waals surface area contributed by atoms with Crippen LogP contribution < -0.4 is 5.32 Å². The number of rotatable bonds is 3. The van der Waals surface area contributed by atoms with Gasteiger partial charge in [0.25, 0.3) is 0 Å². The summed E-state index contributed by atoms with van der Waals surface area (Å²) in [5, 5.41) is 2.62. The molecule has 1 aliphatic rings. The van der Waals surface area contributed by atoms with Crippen molar-refractivity contribution >= 4 is 6.09 Å². The van der Waals surface area contributed by atoms with Gasteiger partial charge < -0.3 is 14.8 Å². The number of pyridine rings is 1. The van der Waals surface area contributed by atoms with Gasteiger partial charge in [-0.3, -0.25) is 0 Å². The van der Waals surface area contributed by atoms with Crippen molar-refractivity contribution < 1.29 is 27.4 Å². The molecular formula is C18H17F3N2O3. The van der Waals surface area contributed by atoms with Gasteiger partial charge in [0.2, 0.25) is 0 Å². The van der Waals surface area contributed by atoms with Crippen LogP contribution in [0.1, 0.15) is 41.6 Å². The van der Waals surface area contributed by atoms with Gasteiger partial charge in [0.1, 0.15) is 12.3 Å². The van der Waals surface area contributed by atoms with Crippen LogP contribution >= 0.6 is 0 Å². The molecule has 1 aromatic heterocycles. The number of halogens is 3. The fraction of sp³-hybridized carbons (Fsp3) is 0.333. The zero-order valence-corrected chi connectivity index (χ0v) is 13.9. The second-order valence-corrected chi connectivity index (χ2v) is 5.90. The van der Waals surface area contributed by atoms with Crippen LogP contribution in [0, 0.1) is 0 Å². The molecule has 3 rings (SSSR count). The molecule has 1 N–H and O–H groups in total. The number of carbonyl (C=O) groups is 1. The molecule has 1 amide bonds. The summed E-state index contributed by atoms with van der Waals surface area (Å²) in [6.45, 7) is 1.84. The number of benzene rings is 1. The number of alkyl carbamates (subject to hydrolysis) is 1. The maximum Gasteiger partial charge on any atom is 0.433 e. The summed E-state index contributed by atoms with van der Waals surface area (Å²) in [6, 6.07) is 10.7. The largest absolute Gasteiger partial charge is 0.445 e. The summed E-state index contributed by atoms with van der Waals surface area (Å²) in [6.07, 6.45) is -5.81. The second kappa shape index (κ2) is 7.33. The first-order chi connectivity index (χ1) is 12.3. The van der Waals surface area contributed by atoms with Crippen LogP contribution in [0.5, 0.6) is 0 Å². The predicted octanol–water partition coefficient (Wildman–Crippen LogP) is 4.16. The van der Waals surface area contributed by atoms with Gasteiger partial charge in [0.15, 0.2) is 0 Å². The molecule has 0 aliphatic carbocycles. The Morgan fingerprint density at radius 1 is 1.27 bits per heavy atom. The van der Waals surface area contributed by atoms with Crippen molar-refractivity contribution in [2.75, 3.05) is 6.61 Å². The maximum absolute atomic E-state index is 12.9. The summed E-state index contributed by atoms with van der Waals surface area (Å²) in [7, 11) is 0. The van der Waals surface area contributed by atoms with E-state index in [0.717, 1.165) is 11.6 Å². The molecule has 2 atom stereocenters. The SMILES string of the molecule is CC1OCC(NC(=O)OCc2ccccc2)c2ccc(C(F)(F)F)nc21. The standard InChI is InChI=1S/C18H17F3N2O3/c1-11-16-13(7-8-15(23-16)18(19,20)21)14(10-25-11)22-17(24)26-9-12-5-3-2-4-6-12/h2-8,11,14H,9-10H2,1H3,(H,22,24). The minimum atomic E-state index is -4.54. The highest BCUT2D eigenvalue weighted by atomic mass is 19.4. The quantitative estimate of drug-likeness (QED) is 0.886. The average molecular weight is 366 g/mol. The Labute approximate surface area is 148 Å². The van der Waals surface area contributed by atoms with Crippen LogP contribution in [-0.4, -0.2) is 17.7 Å². The normalized spacial score (nSPS) is 19.5. The minimum Gasteiger partial charge on any atom is -0.445 e.